The first-order valence-corrected chi connectivity index (χ1v) is 9.33. The van der Waals surface area contributed by atoms with Crippen LogP contribution in [0.3, 0.4) is 0 Å². The number of benzene rings is 1. The van der Waals surface area contributed by atoms with E-state index in [0.29, 0.717) is 15.0 Å². The highest BCUT2D eigenvalue weighted by Gasteiger charge is 2.32. The van der Waals surface area contributed by atoms with E-state index in [1.807, 2.05) is 0 Å². The Bertz CT molecular complexity index is 956. The van der Waals surface area contributed by atoms with Crippen molar-refractivity contribution in [2.75, 3.05) is 6.54 Å². The summed E-state index contributed by atoms with van der Waals surface area (Å²) in [6, 6.07) is 9.13. The van der Waals surface area contributed by atoms with E-state index in [-0.39, 0.29) is 30.2 Å². The van der Waals surface area contributed by atoms with Crippen LogP contribution in [0.1, 0.15) is 22.5 Å². The fourth-order valence-corrected chi connectivity index (χ4v) is 3.61. The summed E-state index contributed by atoms with van der Waals surface area (Å²) in [7, 11) is 0. The average molecular weight is 417 g/mol. The van der Waals surface area contributed by atoms with Gasteiger partial charge in [-0.25, -0.2) is 0 Å². The maximum absolute atomic E-state index is 12.4. The summed E-state index contributed by atoms with van der Waals surface area (Å²) in [6.45, 7) is 0.0774. The fourth-order valence-electron chi connectivity index (χ4n) is 2.32. The molecule has 0 aliphatic carbocycles. The van der Waals surface area contributed by atoms with Crippen LogP contribution in [0, 0.1) is 0 Å². The van der Waals surface area contributed by atoms with E-state index < -0.39 is 11.8 Å². The molecule has 0 unspecified atom stereocenters. The van der Waals surface area contributed by atoms with Gasteiger partial charge in [-0.15, -0.1) is 0 Å². The monoisotopic (exact) mass is 417 g/mol. The van der Waals surface area contributed by atoms with Crippen molar-refractivity contribution >= 4 is 52.1 Å². The number of amides is 3. The minimum absolute atomic E-state index is 0.0548. The van der Waals surface area contributed by atoms with Crippen LogP contribution >= 0.6 is 24.0 Å². The molecule has 3 amide bonds. The first kappa shape index (κ1) is 19.6. The number of phenols is 1. The second-order valence-electron chi connectivity index (χ2n) is 5.65. The van der Waals surface area contributed by atoms with Gasteiger partial charge in [-0.05, 0) is 30.3 Å². The number of nitrogens with zero attached hydrogens (tertiary/aromatic N) is 1. The molecule has 2 aromatic rings. The molecule has 3 rings (SSSR count). The summed E-state index contributed by atoms with van der Waals surface area (Å²) in [5.74, 6) is -0.888. The SMILES string of the molecule is O=C(CCN1C(=O)/C(=C\c2ccco2)SC1=S)NNC(=O)c1cccc(O)c1. The summed E-state index contributed by atoms with van der Waals surface area (Å²) in [6.07, 6.45) is 3.04. The molecule has 1 aliphatic heterocycles. The molecule has 0 saturated carbocycles. The molecular formula is C18H15N3O5S2. The first-order valence-electron chi connectivity index (χ1n) is 8.11. The Balaban J connectivity index is 1.49. The van der Waals surface area contributed by atoms with Gasteiger partial charge in [-0.3, -0.25) is 30.1 Å². The molecule has 0 radical (unpaired) electrons. The summed E-state index contributed by atoms with van der Waals surface area (Å²) in [4.78, 5) is 38.0. The average Bonchev–Trinajstić information content (AvgIpc) is 3.27. The van der Waals surface area contributed by atoms with Gasteiger partial charge in [0.15, 0.2) is 0 Å². The summed E-state index contributed by atoms with van der Waals surface area (Å²) in [5, 5.41) is 9.37. The van der Waals surface area contributed by atoms with Crippen LogP contribution in [0.4, 0.5) is 0 Å². The van der Waals surface area contributed by atoms with Gasteiger partial charge in [0, 0.05) is 24.6 Å². The number of nitrogens with one attached hydrogen (secondary N) is 2. The first-order chi connectivity index (χ1) is 13.4. The maximum atomic E-state index is 12.4. The number of phenolic OH excluding ortho intramolecular Hbond substituents is 1. The van der Waals surface area contributed by atoms with Crippen molar-refractivity contribution in [3.63, 3.8) is 0 Å². The predicted molar refractivity (Wildman–Crippen MR) is 107 cm³/mol. The van der Waals surface area contributed by atoms with Gasteiger partial charge in [0.25, 0.3) is 11.8 Å². The molecule has 1 aliphatic rings. The molecule has 2 heterocycles. The number of carbonyl (C=O) groups is 3. The third-order valence-electron chi connectivity index (χ3n) is 3.68. The van der Waals surface area contributed by atoms with E-state index in [2.05, 4.69) is 10.9 Å². The number of rotatable bonds is 5. The Hall–Kier alpha value is -3.11. The second-order valence-corrected chi connectivity index (χ2v) is 7.33. The maximum Gasteiger partial charge on any atom is 0.269 e. The molecule has 3 N–H and O–H groups in total. The molecule has 0 bridgehead atoms. The minimum Gasteiger partial charge on any atom is -0.508 e. The van der Waals surface area contributed by atoms with Crippen molar-refractivity contribution in [2.24, 2.45) is 0 Å². The highest BCUT2D eigenvalue weighted by Crippen LogP contribution is 2.32. The van der Waals surface area contributed by atoms with Crippen molar-refractivity contribution in [2.45, 2.75) is 6.42 Å². The van der Waals surface area contributed by atoms with Crippen molar-refractivity contribution in [1.82, 2.24) is 15.8 Å². The van der Waals surface area contributed by atoms with Gasteiger partial charge >= 0.3 is 0 Å². The quantitative estimate of drug-likeness (QED) is 0.388. The second kappa shape index (κ2) is 8.72. The zero-order chi connectivity index (χ0) is 20.1. The number of thioether (sulfide) groups is 1. The van der Waals surface area contributed by atoms with Crippen LogP contribution < -0.4 is 10.9 Å². The van der Waals surface area contributed by atoms with Gasteiger partial charge in [-0.2, -0.15) is 0 Å². The number of hydrogen-bond donors (Lipinski definition) is 3. The van der Waals surface area contributed by atoms with Crippen molar-refractivity contribution in [3.05, 3.63) is 58.9 Å². The van der Waals surface area contributed by atoms with Crippen LogP contribution in [0.5, 0.6) is 5.75 Å². The number of hydrazine groups is 1. The summed E-state index contributed by atoms with van der Waals surface area (Å²) in [5.41, 5.74) is 4.71. The molecule has 1 aromatic carbocycles. The van der Waals surface area contributed by atoms with Gasteiger partial charge < -0.3 is 9.52 Å². The Kier molecular flexibility index (Phi) is 6.12. The van der Waals surface area contributed by atoms with Gasteiger partial charge in [-0.1, -0.05) is 30.0 Å². The van der Waals surface area contributed by atoms with Gasteiger partial charge in [0.2, 0.25) is 5.91 Å². The Morgan fingerprint density at radius 3 is 2.79 bits per heavy atom. The zero-order valence-corrected chi connectivity index (χ0v) is 16.0. The number of thiocarbonyl (C=S) groups is 1. The van der Waals surface area contributed by atoms with Crippen LogP contribution in [0.25, 0.3) is 6.08 Å². The predicted octanol–water partition coefficient (Wildman–Crippen LogP) is 2.04. The van der Waals surface area contributed by atoms with E-state index in [4.69, 9.17) is 16.6 Å². The smallest absolute Gasteiger partial charge is 0.269 e. The van der Waals surface area contributed by atoms with E-state index in [1.54, 1.807) is 18.2 Å². The van der Waals surface area contributed by atoms with Crippen LogP contribution in [0.15, 0.2) is 52.0 Å². The normalized spacial score (nSPS) is 15.1. The molecule has 0 atom stereocenters. The molecule has 1 saturated heterocycles. The highest BCUT2D eigenvalue weighted by molar-refractivity contribution is 8.26. The molecule has 8 nitrogen and oxygen atoms in total. The number of aromatic hydroxyl groups is 1. The van der Waals surface area contributed by atoms with Crippen LogP contribution in [-0.4, -0.2) is 38.6 Å². The topological polar surface area (TPSA) is 112 Å². The molecule has 0 spiro atoms. The lowest BCUT2D eigenvalue weighted by atomic mass is 10.2. The molecular weight excluding hydrogens is 402 g/mol. The largest absolute Gasteiger partial charge is 0.508 e. The fraction of sp³-hybridized carbons (Fsp3) is 0.111. The molecule has 28 heavy (non-hydrogen) atoms. The minimum atomic E-state index is -0.573. The lowest BCUT2D eigenvalue weighted by Crippen LogP contribution is -2.43. The lowest BCUT2D eigenvalue weighted by molar-refractivity contribution is -0.124. The molecule has 1 fully saturated rings. The van der Waals surface area contributed by atoms with E-state index >= 15 is 0 Å². The van der Waals surface area contributed by atoms with E-state index in [9.17, 15) is 19.5 Å². The lowest BCUT2D eigenvalue weighted by Gasteiger charge is -2.14. The van der Waals surface area contributed by atoms with Crippen LogP contribution in [0.2, 0.25) is 0 Å². The number of hydrogen-bond acceptors (Lipinski definition) is 7. The van der Waals surface area contributed by atoms with Crippen molar-refractivity contribution < 1.29 is 23.9 Å². The summed E-state index contributed by atoms with van der Waals surface area (Å²) >= 11 is 6.33. The van der Waals surface area contributed by atoms with Gasteiger partial charge in [0.1, 0.15) is 15.8 Å². The third-order valence-corrected chi connectivity index (χ3v) is 5.05. The highest BCUT2D eigenvalue weighted by atomic mass is 32.2. The number of carbonyl (C=O) groups excluding carboxylic acids is 3. The number of furan rings is 1. The Morgan fingerprint density at radius 2 is 2.07 bits per heavy atom. The molecule has 144 valence electrons. The van der Waals surface area contributed by atoms with Crippen molar-refractivity contribution in [3.8, 4) is 5.75 Å². The van der Waals surface area contributed by atoms with Gasteiger partial charge in [0.05, 0.1) is 11.2 Å². The molecule has 1 aromatic heterocycles. The van der Waals surface area contributed by atoms with E-state index in [0.717, 1.165) is 11.8 Å². The van der Waals surface area contributed by atoms with E-state index in [1.165, 1.54) is 35.4 Å². The standard InChI is InChI=1S/C18H15N3O5S2/c22-12-4-1-3-11(9-12)16(24)20-19-15(23)6-7-21-17(25)14(28-18(21)27)10-13-5-2-8-26-13/h1-5,8-10,22H,6-7H2,(H,19,23)(H,20,24)/b14-10+. The third kappa shape index (κ3) is 4.78. The Labute approximate surface area is 169 Å². The van der Waals surface area contributed by atoms with Crippen molar-refractivity contribution in [1.29, 1.82) is 0 Å². The zero-order valence-electron chi connectivity index (χ0n) is 14.4. The molecule has 10 heteroatoms. The Morgan fingerprint density at radius 1 is 1.25 bits per heavy atom. The summed E-state index contributed by atoms with van der Waals surface area (Å²) < 4.78 is 5.53. The van der Waals surface area contributed by atoms with Crippen LogP contribution in [-0.2, 0) is 9.59 Å².